The highest BCUT2D eigenvalue weighted by atomic mass is 35.5. The first-order chi connectivity index (χ1) is 6.71. The molecule has 0 rings (SSSR count). The average molecular weight is 239 g/mol. The van der Waals surface area contributed by atoms with Gasteiger partial charge in [-0.3, -0.25) is 0 Å². The summed E-state index contributed by atoms with van der Waals surface area (Å²) in [6.45, 7) is 9.78. The van der Waals surface area contributed by atoms with Crippen LogP contribution in [-0.4, -0.2) is 27.9 Å². The Kier molecular flexibility index (Phi) is 8.98. The van der Waals surface area contributed by atoms with Crippen molar-refractivity contribution in [1.82, 2.24) is 0 Å². The van der Waals surface area contributed by atoms with Gasteiger partial charge in [0.2, 0.25) is 0 Å². The van der Waals surface area contributed by atoms with Crippen LogP contribution in [0.15, 0.2) is 0 Å². The zero-order chi connectivity index (χ0) is 11.0. The smallest absolute Gasteiger partial charge is 0.326 e. The first kappa shape index (κ1) is 14.4. The van der Waals surface area contributed by atoms with Crippen LogP contribution >= 0.6 is 11.6 Å². The van der Waals surface area contributed by atoms with E-state index in [0.717, 1.165) is 26.1 Å². The lowest BCUT2D eigenvalue weighted by Gasteiger charge is -2.26. The van der Waals surface area contributed by atoms with E-state index in [-0.39, 0.29) is 5.38 Å². The fourth-order valence-electron chi connectivity index (χ4n) is 1.55. The van der Waals surface area contributed by atoms with E-state index in [1.54, 1.807) is 0 Å². The lowest BCUT2D eigenvalue weighted by molar-refractivity contribution is 0.201. The van der Waals surface area contributed by atoms with Crippen LogP contribution in [0.25, 0.3) is 0 Å². The van der Waals surface area contributed by atoms with Gasteiger partial charge in [-0.05, 0) is 20.3 Å². The summed E-state index contributed by atoms with van der Waals surface area (Å²) in [7, 11) is -1.56. The molecule has 0 aliphatic rings. The Bertz CT molecular complexity index is 129. The predicted octanol–water partition coefficient (Wildman–Crippen LogP) is 3.08. The number of rotatable bonds is 8. The fourth-order valence-corrected chi connectivity index (χ4v) is 4.33. The molecule has 0 aromatic carbocycles. The molecule has 0 aliphatic carbocycles. The summed E-state index contributed by atoms with van der Waals surface area (Å²) < 4.78 is 11.4. The van der Waals surface area contributed by atoms with Gasteiger partial charge >= 0.3 is 9.28 Å². The highest BCUT2D eigenvalue weighted by Gasteiger charge is 2.29. The van der Waals surface area contributed by atoms with E-state index in [1.165, 1.54) is 0 Å². The standard InChI is InChI=1S/C10H23ClO2Si/c1-5-9(11)10(6-2)14(12-7-3)13-8-4/h9-10,14H,5-8H2,1-4H3. The Balaban J connectivity index is 4.24. The minimum Gasteiger partial charge on any atom is -0.397 e. The van der Waals surface area contributed by atoms with E-state index >= 15 is 0 Å². The number of halogens is 1. The van der Waals surface area contributed by atoms with E-state index < -0.39 is 9.28 Å². The summed E-state index contributed by atoms with van der Waals surface area (Å²) in [6.07, 6.45) is 2.04. The first-order valence-electron chi connectivity index (χ1n) is 5.58. The zero-order valence-corrected chi connectivity index (χ0v) is 11.7. The largest absolute Gasteiger partial charge is 0.397 e. The Morgan fingerprint density at radius 2 is 1.50 bits per heavy atom. The molecule has 0 spiro atoms. The van der Waals surface area contributed by atoms with Crippen LogP contribution in [0.5, 0.6) is 0 Å². The second kappa shape index (κ2) is 8.71. The highest BCUT2D eigenvalue weighted by molar-refractivity contribution is 6.48. The average Bonchev–Trinajstić information content (AvgIpc) is 2.19. The van der Waals surface area contributed by atoms with Crippen LogP contribution in [0.4, 0.5) is 0 Å². The molecule has 0 N–H and O–H groups in total. The van der Waals surface area contributed by atoms with Crippen molar-refractivity contribution in [1.29, 1.82) is 0 Å². The molecule has 0 saturated heterocycles. The quantitative estimate of drug-likeness (QED) is 0.478. The van der Waals surface area contributed by atoms with Crippen LogP contribution in [0.2, 0.25) is 5.54 Å². The van der Waals surface area contributed by atoms with Gasteiger partial charge in [0.25, 0.3) is 0 Å². The predicted molar refractivity (Wildman–Crippen MR) is 64.4 cm³/mol. The number of alkyl halides is 1. The molecule has 2 unspecified atom stereocenters. The van der Waals surface area contributed by atoms with Crippen LogP contribution in [0.3, 0.4) is 0 Å². The molecule has 86 valence electrons. The van der Waals surface area contributed by atoms with Crippen molar-refractivity contribution < 1.29 is 8.85 Å². The van der Waals surface area contributed by atoms with E-state index in [2.05, 4.69) is 13.8 Å². The molecule has 0 aromatic heterocycles. The summed E-state index contributed by atoms with van der Waals surface area (Å²) in [5.74, 6) is 0. The van der Waals surface area contributed by atoms with Gasteiger partial charge in [0.15, 0.2) is 0 Å². The third kappa shape index (κ3) is 4.78. The molecule has 0 bridgehead atoms. The molecule has 0 amide bonds. The summed E-state index contributed by atoms with van der Waals surface area (Å²) in [4.78, 5) is 0. The second-order valence-electron chi connectivity index (χ2n) is 3.28. The van der Waals surface area contributed by atoms with Crippen LogP contribution in [-0.2, 0) is 8.85 Å². The van der Waals surface area contributed by atoms with Gasteiger partial charge in [0, 0.05) is 24.1 Å². The van der Waals surface area contributed by atoms with Crippen molar-refractivity contribution in [3.63, 3.8) is 0 Å². The molecule has 0 saturated carbocycles. The van der Waals surface area contributed by atoms with Gasteiger partial charge in [-0.2, -0.15) is 0 Å². The second-order valence-corrected chi connectivity index (χ2v) is 6.10. The van der Waals surface area contributed by atoms with Crippen molar-refractivity contribution in [3.05, 3.63) is 0 Å². The van der Waals surface area contributed by atoms with Crippen molar-refractivity contribution in [2.45, 2.75) is 51.5 Å². The maximum Gasteiger partial charge on any atom is 0.326 e. The zero-order valence-electron chi connectivity index (χ0n) is 9.75. The van der Waals surface area contributed by atoms with Gasteiger partial charge in [0.05, 0.1) is 0 Å². The maximum absolute atomic E-state index is 6.27. The summed E-state index contributed by atoms with van der Waals surface area (Å²) in [5.41, 5.74) is 0.432. The molecule has 0 radical (unpaired) electrons. The SMILES string of the molecule is CCO[SiH](OCC)C(CC)C(Cl)CC. The third-order valence-electron chi connectivity index (χ3n) is 2.34. The molecule has 0 heterocycles. The lowest BCUT2D eigenvalue weighted by Crippen LogP contribution is -2.33. The van der Waals surface area contributed by atoms with Crippen LogP contribution in [0.1, 0.15) is 40.5 Å². The highest BCUT2D eigenvalue weighted by Crippen LogP contribution is 2.28. The topological polar surface area (TPSA) is 18.5 Å². The molecule has 0 aromatic rings. The van der Waals surface area contributed by atoms with Gasteiger partial charge in [-0.15, -0.1) is 11.6 Å². The van der Waals surface area contributed by atoms with Crippen molar-refractivity contribution in [2.24, 2.45) is 0 Å². The summed E-state index contributed by atoms with van der Waals surface area (Å²) >= 11 is 6.27. The van der Waals surface area contributed by atoms with Gasteiger partial charge < -0.3 is 8.85 Å². The lowest BCUT2D eigenvalue weighted by atomic mass is 10.2. The van der Waals surface area contributed by atoms with Gasteiger partial charge in [-0.25, -0.2) is 0 Å². The van der Waals surface area contributed by atoms with E-state index in [4.69, 9.17) is 20.5 Å². The van der Waals surface area contributed by atoms with Gasteiger partial charge in [-0.1, -0.05) is 20.3 Å². The summed E-state index contributed by atoms with van der Waals surface area (Å²) in [6, 6.07) is 0. The van der Waals surface area contributed by atoms with Crippen LogP contribution in [0, 0.1) is 0 Å². The minimum absolute atomic E-state index is 0.203. The molecule has 14 heavy (non-hydrogen) atoms. The van der Waals surface area contributed by atoms with E-state index in [1.807, 2.05) is 13.8 Å². The van der Waals surface area contributed by atoms with E-state index in [0.29, 0.717) is 5.54 Å². The molecule has 2 nitrogen and oxygen atoms in total. The molecular weight excluding hydrogens is 216 g/mol. The normalized spacial score (nSPS) is 15.9. The number of hydrogen-bond donors (Lipinski definition) is 0. The van der Waals surface area contributed by atoms with Crippen molar-refractivity contribution >= 4 is 20.9 Å². The third-order valence-corrected chi connectivity index (χ3v) is 6.17. The van der Waals surface area contributed by atoms with Gasteiger partial charge in [0.1, 0.15) is 0 Å². The van der Waals surface area contributed by atoms with Crippen molar-refractivity contribution in [3.8, 4) is 0 Å². The van der Waals surface area contributed by atoms with Crippen LogP contribution < -0.4 is 0 Å². The fraction of sp³-hybridized carbons (Fsp3) is 1.00. The molecular formula is C10H23ClO2Si. The number of hydrogen-bond acceptors (Lipinski definition) is 2. The monoisotopic (exact) mass is 238 g/mol. The minimum atomic E-state index is -1.56. The molecule has 0 aliphatic heterocycles. The molecule has 4 heteroatoms. The molecule has 0 fully saturated rings. The first-order valence-corrected chi connectivity index (χ1v) is 7.62. The van der Waals surface area contributed by atoms with Crippen molar-refractivity contribution in [2.75, 3.05) is 13.2 Å². The molecule has 2 atom stereocenters. The Morgan fingerprint density at radius 3 is 1.79 bits per heavy atom. The maximum atomic E-state index is 6.27. The summed E-state index contributed by atoms with van der Waals surface area (Å²) in [5, 5.41) is 0.203. The Hall–Kier alpha value is 0.427. The van der Waals surface area contributed by atoms with E-state index in [9.17, 15) is 0 Å². The Morgan fingerprint density at radius 1 is 1.00 bits per heavy atom. The Labute approximate surface area is 94.8 Å².